The lowest BCUT2D eigenvalue weighted by atomic mass is 10.1. The zero-order valence-electron chi connectivity index (χ0n) is 18.8. The normalized spacial score (nSPS) is 11.0. The summed E-state index contributed by atoms with van der Waals surface area (Å²) in [6.45, 7) is 2.76. The Bertz CT molecular complexity index is 1370. The Labute approximate surface area is 198 Å². The minimum Gasteiger partial charge on any atom is -0.490 e. The molecule has 0 aliphatic rings. The first-order valence-electron chi connectivity index (χ1n) is 11.0. The molecule has 1 N–H and O–H groups in total. The fourth-order valence-corrected chi connectivity index (χ4v) is 3.58. The zero-order chi connectivity index (χ0) is 23.8. The van der Waals surface area contributed by atoms with Crippen LogP contribution in [-0.2, 0) is 11.4 Å². The molecule has 0 aliphatic heterocycles. The number of rotatable bonds is 8. The first kappa shape index (κ1) is 22.6. The summed E-state index contributed by atoms with van der Waals surface area (Å²) < 4.78 is 11.7. The number of carbonyl (C=O) groups excluding carboxylic acids is 1. The molecule has 0 saturated heterocycles. The molecular formula is C29H24N2O3. The number of hydrogen-bond donors (Lipinski definition) is 1. The van der Waals surface area contributed by atoms with Gasteiger partial charge in [0.25, 0.3) is 5.91 Å². The van der Waals surface area contributed by atoms with Gasteiger partial charge in [-0.25, -0.2) is 0 Å². The summed E-state index contributed by atoms with van der Waals surface area (Å²) in [6, 6.07) is 30.7. The Hall–Kier alpha value is -4.56. The molecule has 0 spiro atoms. The van der Waals surface area contributed by atoms with Gasteiger partial charge in [-0.05, 0) is 47.7 Å². The average Bonchev–Trinajstić information content (AvgIpc) is 2.87. The largest absolute Gasteiger partial charge is 0.490 e. The van der Waals surface area contributed by atoms with Crippen molar-refractivity contribution in [3.8, 4) is 17.6 Å². The van der Waals surface area contributed by atoms with E-state index in [1.807, 2.05) is 85.8 Å². The molecule has 4 rings (SSSR count). The van der Waals surface area contributed by atoms with E-state index in [9.17, 15) is 10.1 Å². The van der Waals surface area contributed by atoms with Crippen molar-refractivity contribution in [3.63, 3.8) is 0 Å². The summed E-state index contributed by atoms with van der Waals surface area (Å²) in [7, 11) is 0. The third kappa shape index (κ3) is 5.43. The van der Waals surface area contributed by atoms with Crippen molar-refractivity contribution in [3.05, 3.63) is 108 Å². The van der Waals surface area contributed by atoms with Crippen molar-refractivity contribution in [1.82, 2.24) is 0 Å². The number of fused-ring (bicyclic) bond motifs is 1. The Morgan fingerprint density at radius 2 is 1.68 bits per heavy atom. The second-order valence-corrected chi connectivity index (χ2v) is 7.56. The highest BCUT2D eigenvalue weighted by Crippen LogP contribution is 2.30. The lowest BCUT2D eigenvalue weighted by Crippen LogP contribution is -2.13. The molecule has 0 fully saturated rings. The summed E-state index contributed by atoms with van der Waals surface area (Å²) in [5.74, 6) is 0.682. The van der Waals surface area contributed by atoms with Crippen molar-refractivity contribution >= 4 is 28.4 Å². The molecule has 4 aromatic rings. The van der Waals surface area contributed by atoms with Gasteiger partial charge >= 0.3 is 0 Å². The standard InChI is InChI=1S/C29H24N2O3/c1-2-33-28-18-22(15-16-27(28)34-20-21-9-4-3-5-10-21)17-24(19-30)29(32)31-26-14-8-12-23-11-6-7-13-25(23)26/h3-18H,2,20H2,1H3,(H,31,32)/b24-17+. The number of benzene rings is 4. The molecule has 0 saturated carbocycles. The smallest absolute Gasteiger partial charge is 0.266 e. The molecule has 0 aliphatic carbocycles. The predicted molar refractivity (Wildman–Crippen MR) is 135 cm³/mol. The molecule has 0 aromatic heterocycles. The summed E-state index contributed by atoms with van der Waals surface area (Å²) in [6.07, 6.45) is 1.55. The molecule has 0 unspecified atom stereocenters. The Morgan fingerprint density at radius 1 is 0.912 bits per heavy atom. The molecule has 4 aromatic carbocycles. The number of nitriles is 1. The summed E-state index contributed by atoms with van der Waals surface area (Å²) in [4.78, 5) is 12.9. The summed E-state index contributed by atoms with van der Waals surface area (Å²) >= 11 is 0. The van der Waals surface area contributed by atoms with E-state index in [1.165, 1.54) is 0 Å². The van der Waals surface area contributed by atoms with Crippen LogP contribution in [0.3, 0.4) is 0 Å². The molecule has 5 heteroatoms. The predicted octanol–water partition coefficient (Wildman–Crippen LogP) is 6.36. The van der Waals surface area contributed by atoms with Crippen molar-refractivity contribution in [2.24, 2.45) is 0 Å². The van der Waals surface area contributed by atoms with Gasteiger partial charge in [0, 0.05) is 11.1 Å². The van der Waals surface area contributed by atoms with Crippen LogP contribution < -0.4 is 14.8 Å². The van der Waals surface area contributed by atoms with Gasteiger partial charge in [0.05, 0.1) is 6.61 Å². The van der Waals surface area contributed by atoms with E-state index in [0.29, 0.717) is 36.0 Å². The first-order chi connectivity index (χ1) is 16.7. The van der Waals surface area contributed by atoms with E-state index in [0.717, 1.165) is 16.3 Å². The maximum Gasteiger partial charge on any atom is 0.266 e. The monoisotopic (exact) mass is 448 g/mol. The summed E-state index contributed by atoms with van der Waals surface area (Å²) in [5, 5.41) is 14.4. The SMILES string of the molecule is CCOc1cc(/C=C(\C#N)C(=O)Nc2cccc3ccccc23)ccc1OCc1ccccc1. The highest BCUT2D eigenvalue weighted by molar-refractivity contribution is 6.12. The second kappa shape index (κ2) is 10.8. The fraction of sp³-hybridized carbons (Fsp3) is 0.103. The van der Waals surface area contributed by atoms with Gasteiger partial charge in [0.1, 0.15) is 18.2 Å². The van der Waals surface area contributed by atoms with Crippen molar-refractivity contribution in [1.29, 1.82) is 5.26 Å². The number of amides is 1. The molecule has 168 valence electrons. The van der Waals surface area contributed by atoms with Gasteiger partial charge < -0.3 is 14.8 Å². The van der Waals surface area contributed by atoms with Gasteiger partial charge in [-0.2, -0.15) is 5.26 Å². The molecule has 0 heterocycles. The molecule has 0 radical (unpaired) electrons. The van der Waals surface area contributed by atoms with E-state index >= 15 is 0 Å². The molecule has 0 atom stereocenters. The number of nitrogens with one attached hydrogen (secondary N) is 1. The minimum atomic E-state index is -0.471. The van der Waals surface area contributed by atoms with Gasteiger partial charge in [0.15, 0.2) is 11.5 Å². The first-order valence-corrected chi connectivity index (χ1v) is 11.0. The van der Waals surface area contributed by atoms with Crippen LogP contribution in [0.2, 0.25) is 0 Å². The van der Waals surface area contributed by atoms with Crippen molar-refractivity contribution in [2.75, 3.05) is 11.9 Å². The van der Waals surface area contributed by atoms with Crippen LogP contribution in [0.15, 0.2) is 96.6 Å². The Balaban J connectivity index is 1.55. The lowest BCUT2D eigenvalue weighted by Gasteiger charge is -2.13. The third-order valence-corrected chi connectivity index (χ3v) is 5.22. The van der Waals surface area contributed by atoms with Gasteiger partial charge in [-0.3, -0.25) is 4.79 Å². The maximum absolute atomic E-state index is 12.9. The fourth-order valence-electron chi connectivity index (χ4n) is 3.58. The third-order valence-electron chi connectivity index (χ3n) is 5.22. The molecule has 34 heavy (non-hydrogen) atoms. The number of ether oxygens (including phenoxy) is 2. The van der Waals surface area contributed by atoms with Crippen LogP contribution >= 0.6 is 0 Å². The highest BCUT2D eigenvalue weighted by atomic mass is 16.5. The van der Waals surface area contributed by atoms with Crippen LogP contribution in [0.4, 0.5) is 5.69 Å². The van der Waals surface area contributed by atoms with Crippen LogP contribution in [0.25, 0.3) is 16.8 Å². The van der Waals surface area contributed by atoms with E-state index in [1.54, 1.807) is 24.3 Å². The van der Waals surface area contributed by atoms with Crippen molar-refractivity contribution in [2.45, 2.75) is 13.5 Å². The van der Waals surface area contributed by atoms with Gasteiger partial charge in [-0.15, -0.1) is 0 Å². The topological polar surface area (TPSA) is 71.3 Å². The van der Waals surface area contributed by atoms with E-state index < -0.39 is 5.91 Å². The average molecular weight is 449 g/mol. The molecule has 0 bridgehead atoms. The Kier molecular flexibility index (Phi) is 7.22. The molecule has 1 amide bonds. The Morgan fingerprint density at radius 3 is 2.47 bits per heavy atom. The van der Waals surface area contributed by atoms with Crippen LogP contribution in [-0.4, -0.2) is 12.5 Å². The van der Waals surface area contributed by atoms with E-state index in [-0.39, 0.29) is 5.57 Å². The van der Waals surface area contributed by atoms with Crippen LogP contribution in [0, 0.1) is 11.3 Å². The second-order valence-electron chi connectivity index (χ2n) is 7.56. The number of hydrogen-bond acceptors (Lipinski definition) is 4. The maximum atomic E-state index is 12.9. The zero-order valence-corrected chi connectivity index (χ0v) is 18.8. The van der Waals surface area contributed by atoms with Crippen molar-refractivity contribution < 1.29 is 14.3 Å². The number of anilines is 1. The molecule has 5 nitrogen and oxygen atoms in total. The highest BCUT2D eigenvalue weighted by Gasteiger charge is 2.13. The van der Waals surface area contributed by atoms with E-state index in [2.05, 4.69) is 5.32 Å². The van der Waals surface area contributed by atoms with E-state index in [4.69, 9.17) is 9.47 Å². The van der Waals surface area contributed by atoms with Crippen LogP contribution in [0.1, 0.15) is 18.1 Å². The molecular weight excluding hydrogens is 424 g/mol. The lowest BCUT2D eigenvalue weighted by molar-refractivity contribution is -0.112. The summed E-state index contributed by atoms with van der Waals surface area (Å²) in [5.41, 5.74) is 2.36. The van der Waals surface area contributed by atoms with Crippen LogP contribution in [0.5, 0.6) is 11.5 Å². The quantitative estimate of drug-likeness (QED) is 0.251. The van der Waals surface area contributed by atoms with Gasteiger partial charge in [0.2, 0.25) is 0 Å². The number of nitrogens with zero attached hydrogens (tertiary/aromatic N) is 1. The number of carbonyl (C=O) groups is 1. The van der Waals surface area contributed by atoms with Gasteiger partial charge in [-0.1, -0.05) is 72.8 Å². The minimum absolute atomic E-state index is 0.00617.